The first-order valence-electron chi connectivity index (χ1n) is 5.51. The minimum atomic E-state index is 0.462. The first-order valence-corrected chi connectivity index (χ1v) is 5.51. The van der Waals surface area contributed by atoms with Gasteiger partial charge in [0.15, 0.2) is 0 Å². The third-order valence-corrected chi connectivity index (χ3v) is 2.71. The molecule has 0 aromatic heterocycles. The van der Waals surface area contributed by atoms with Crippen molar-refractivity contribution in [1.82, 2.24) is 0 Å². The van der Waals surface area contributed by atoms with Crippen molar-refractivity contribution in [3.63, 3.8) is 0 Å². The maximum atomic E-state index is 9.72. The van der Waals surface area contributed by atoms with Gasteiger partial charge in [0.05, 0.1) is 0 Å². The minimum Gasteiger partial charge on any atom is -0.508 e. The van der Waals surface area contributed by atoms with Gasteiger partial charge in [-0.15, -0.1) is 0 Å². The van der Waals surface area contributed by atoms with Gasteiger partial charge in [-0.05, 0) is 42.5 Å². The van der Waals surface area contributed by atoms with E-state index in [9.17, 15) is 5.11 Å². The standard InChI is InChI=1S/C13H20O/c1-4-6-11-8-9-13(14)12(7-5-2)10(11)3/h8-9,14H,4-7H2,1-3H3. The van der Waals surface area contributed by atoms with Gasteiger partial charge in [-0.25, -0.2) is 0 Å². The third kappa shape index (κ3) is 2.28. The molecule has 0 radical (unpaired) electrons. The summed E-state index contributed by atoms with van der Waals surface area (Å²) in [6, 6.07) is 3.89. The van der Waals surface area contributed by atoms with Gasteiger partial charge in [0, 0.05) is 0 Å². The SMILES string of the molecule is CCCc1ccc(O)c(CCC)c1C. The van der Waals surface area contributed by atoms with E-state index in [1.165, 1.54) is 11.1 Å². The molecule has 0 bridgehead atoms. The summed E-state index contributed by atoms with van der Waals surface area (Å²) in [6.45, 7) is 6.45. The average Bonchev–Trinajstić information content (AvgIpc) is 2.17. The summed E-state index contributed by atoms with van der Waals surface area (Å²) in [5, 5.41) is 9.72. The van der Waals surface area contributed by atoms with Crippen molar-refractivity contribution in [2.45, 2.75) is 46.5 Å². The average molecular weight is 192 g/mol. The molecule has 1 aromatic carbocycles. The summed E-state index contributed by atoms with van der Waals surface area (Å²) in [7, 11) is 0. The van der Waals surface area contributed by atoms with Crippen LogP contribution in [0.25, 0.3) is 0 Å². The van der Waals surface area contributed by atoms with Crippen LogP contribution in [0.4, 0.5) is 0 Å². The molecule has 0 aliphatic carbocycles. The number of aromatic hydroxyl groups is 1. The van der Waals surface area contributed by atoms with Crippen LogP contribution < -0.4 is 0 Å². The molecule has 78 valence electrons. The van der Waals surface area contributed by atoms with Crippen LogP contribution in [0.5, 0.6) is 5.75 Å². The number of aryl methyl sites for hydroxylation is 1. The molecule has 0 atom stereocenters. The summed E-state index contributed by atoms with van der Waals surface area (Å²) in [4.78, 5) is 0. The Morgan fingerprint density at radius 2 is 1.71 bits per heavy atom. The van der Waals surface area contributed by atoms with Gasteiger partial charge in [0.25, 0.3) is 0 Å². The van der Waals surface area contributed by atoms with Crippen LogP contribution in [0.3, 0.4) is 0 Å². The quantitative estimate of drug-likeness (QED) is 0.772. The molecule has 0 saturated carbocycles. The molecule has 0 aliphatic rings. The van der Waals surface area contributed by atoms with Crippen LogP contribution >= 0.6 is 0 Å². The van der Waals surface area contributed by atoms with Gasteiger partial charge in [-0.1, -0.05) is 32.8 Å². The van der Waals surface area contributed by atoms with Crippen molar-refractivity contribution >= 4 is 0 Å². The van der Waals surface area contributed by atoms with Gasteiger partial charge >= 0.3 is 0 Å². The van der Waals surface area contributed by atoms with E-state index in [1.54, 1.807) is 0 Å². The highest BCUT2D eigenvalue weighted by Gasteiger charge is 2.07. The zero-order valence-corrected chi connectivity index (χ0v) is 9.43. The molecule has 0 unspecified atom stereocenters. The first-order chi connectivity index (χ1) is 6.70. The molecule has 14 heavy (non-hydrogen) atoms. The Morgan fingerprint density at radius 1 is 1.07 bits per heavy atom. The number of phenolic OH excluding ortho intramolecular Hbond substituents is 1. The predicted molar refractivity (Wildman–Crippen MR) is 60.8 cm³/mol. The van der Waals surface area contributed by atoms with Gasteiger partial charge in [0.1, 0.15) is 5.75 Å². The van der Waals surface area contributed by atoms with Gasteiger partial charge < -0.3 is 5.11 Å². The molecule has 0 saturated heterocycles. The Balaban J connectivity index is 3.05. The van der Waals surface area contributed by atoms with Gasteiger partial charge in [-0.2, -0.15) is 0 Å². The topological polar surface area (TPSA) is 20.2 Å². The minimum absolute atomic E-state index is 0.462. The van der Waals surface area contributed by atoms with Crippen LogP contribution in [-0.4, -0.2) is 5.11 Å². The van der Waals surface area contributed by atoms with Crippen LogP contribution in [0.1, 0.15) is 43.4 Å². The number of hydrogen-bond acceptors (Lipinski definition) is 1. The highest BCUT2D eigenvalue weighted by Crippen LogP contribution is 2.26. The molecule has 0 aliphatic heterocycles. The molecule has 1 heteroatoms. The highest BCUT2D eigenvalue weighted by atomic mass is 16.3. The maximum absolute atomic E-state index is 9.72. The lowest BCUT2D eigenvalue weighted by Gasteiger charge is -2.12. The molecular formula is C13H20O. The van der Waals surface area contributed by atoms with Crippen molar-refractivity contribution in [2.24, 2.45) is 0 Å². The number of rotatable bonds is 4. The second-order valence-electron chi connectivity index (χ2n) is 3.85. The van der Waals surface area contributed by atoms with E-state index in [0.29, 0.717) is 5.75 Å². The zero-order chi connectivity index (χ0) is 10.6. The fraction of sp³-hybridized carbons (Fsp3) is 0.538. The molecule has 0 fully saturated rings. The van der Waals surface area contributed by atoms with E-state index in [-0.39, 0.29) is 0 Å². The Labute approximate surface area is 86.8 Å². The molecule has 0 heterocycles. The smallest absolute Gasteiger partial charge is 0.119 e. The lowest BCUT2D eigenvalue weighted by molar-refractivity contribution is 0.466. The van der Waals surface area contributed by atoms with Crippen LogP contribution in [0.2, 0.25) is 0 Å². The molecule has 1 nitrogen and oxygen atoms in total. The predicted octanol–water partition coefficient (Wildman–Crippen LogP) is 3.61. The van der Waals surface area contributed by atoms with Gasteiger partial charge in [-0.3, -0.25) is 0 Å². The maximum Gasteiger partial charge on any atom is 0.119 e. The molecule has 1 rings (SSSR count). The Hall–Kier alpha value is -0.980. The lowest BCUT2D eigenvalue weighted by atomic mass is 9.96. The Kier molecular flexibility index (Phi) is 3.99. The van der Waals surface area contributed by atoms with Crippen molar-refractivity contribution in [1.29, 1.82) is 0 Å². The van der Waals surface area contributed by atoms with E-state index in [4.69, 9.17) is 0 Å². The zero-order valence-electron chi connectivity index (χ0n) is 9.43. The molecular weight excluding hydrogens is 172 g/mol. The fourth-order valence-corrected chi connectivity index (χ4v) is 1.90. The first kappa shape index (κ1) is 11.1. The van der Waals surface area contributed by atoms with Gasteiger partial charge in [0.2, 0.25) is 0 Å². The number of hydrogen-bond donors (Lipinski definition) is 1. The van der Waals surface area contributed by atoms with Crippen molar-refractivity contribution < 1.29 is 5.11 Å². The van der Waals surface area contributed by atoms with Crippen LogP contribution in [0, 0.1) is 6.92 Å². The Morgan fingerprint density at radius 3 is 2.29 bits per heavy atom. The van der Waals surface area contributed by atoms with E-state index in [2.05, 4.69) is 20.8 Å². The summed E-state index contributed by atoms with van der Waals surface area (Å²) in [6.07, 6.45) is 4.35. The lowest BCUT2D eigenvalue weighted by Crippen LogP contribution is -1.96. The molecule has 1 N–H and O–H groups in total. The van der Waals surface area contributed by atoms with E-state index in [1.807, 2.05) is 12.1 Å². The second kappa shape index (κ2) is 5.04. The van der Waals surface area contributed by atoms with E-state index >= 15 is 0 Å². The van der Waals surface area contributed by atoms with Crippen molar-refractivity contribution in [3.05, 3.63) is 28.8 Å². The van der Waals surface area contributed by atoms with E-state index in [0.717, 1.165) is 31.2 Å². The Bertz CT molecular complexity index is 302. The molecule has 0 spiro atoms. The number of phenols is 1. The monoisotopic (exact) mass is 192 g/mol. The van der Waals surface area contributed by atoms with E-state index < -0.39 is 0 Å². The highest BCUT2D eigenvalue weighted by molar-refractivity contribution is 5.43. The summed E-state index contributed by atoms with van der Waals surface area (Å²) < 4.78 is 0. The summed E-state index contributed by atoms with van der Waals surface area (Å²) in [5.41, 5.74) is 3.81. The summed E-state index contributed by atoms with van der Waals surface area (Å²) in [5.74, 6) is 0.462. The molecule has 0 amide bonds. The largest absolute Gasteiger partial charge is 0.508 e. The summed E-state index contributed by atoms with van der Waals surface area (Å²) >= 11 is 0. The third-order valence-electron chi connectivity index (χ3n) is 2.71. The van der Waals surface area contributed by atoms with Crippen molar-refractivity contribution in [3.8, 4) is 5.75 Å². The molecule has 1 aromatic rings. The van der Waals surface area contributed by atoms with Crippen LogP contribution in [-0.2, 0) is 12.8 Å². The fourth-order valence-electron chi connectivity index (χ4n) is 1.90. The number of benzene rings is 1. The normalized spacial score (nSPS) is 10.5. The van der Waals surface area contributed by atoms with Crippen LogP contribution in [0.15, 0.2) is 12.1 Å². The second-order valence-corrected chi connectivity index (χ2v) is 3.85. The van der Waals surface area contributed by atoms with Crippen molar-refractivity contribution in [2.75, 3.05) is 0 Å².